The van der Waals surface area contributed by atoms with E-state index < -0.39 is 15.6 Å². The second-order valence-corrected chi connectivity index (χ2v) is 7.01. The molecular formula is C16H13Cl2N3O3S. The van der Waals surface area contributed by atoms with Crippen molar-refractivity contribution >= 4 is 39.7 Å². The lowest BCUT2D eigenvalue weighted by Crippen LogP contribution is -2.13. The number of anilines is 1. The van der Waals surface area contributed by atoms with Gasteiger partial charge in [0.2, 0.25) is 0 Å². The number of rotatable bonds is 4. The monoisotopic (exact) mass is 397 g/mol. The van der Waals surface area contributed by atoms with E-state index in [1.807, 2.05) is 0 Å². The Morgan fingerprint density at radius 1 is 1.04 bits per heavy atom. The van der Waals surface area contributed by atoms with Crippen LogP contribution in [-0.4, -0.2) is 18.4 Å². The molecule has 25 heavy (non-hydrogen) atoms. The highest BCUT2D eigenvalue weighted by atomic mass is 35.5. The number of benzene rings is 1. The number of pyridine rings is 2. The molecule has 2 N–H and O–H groups in total. The maximum atomic E-state index is 12.3. The third kappa shape index (κ3) is 4.39. The smallest absolute Gasteiger partial charge is 0.267 e. The summed E-state index contributed by atoms with van der Waals surface area (Å²) in [5.41, 5.74) is 1.20. The highest BCUT2D eigenvalue weighted by molar-refractivity contribution is 7.92. The summed E-state index contributed by atoms with van der Waals surface area (Å²) in [5.74, 6) is 0. The molecular weight excluding hydrogens is 385 g/mol. The molecule has 2 aromatic heterocycles. The lowest BCUT2D eigenvalue weighted by atomic mass is 10.1. The van der Waals surface area contributed by atoms with Gasteiger partial charge in [0.1, 0.15) is 5.02 Å². The molecule has 0 amide bonds. The second-order valence-electron chi connectivity index (χ2n) is 4.92. The van der Waals surface area contributed by atoms with Crippen LogP contribution in [0.1, 0.15) is 0 Å². The molecule has 130 valence electrons. The minimum atomic E-state index is -3.71. The van der Waals surface area contributed by atoms with Crippen LogP contribution < -0.4 is 10.3 Å². The Balaban J connectivity index is 0.00000225. The second kappa shape index (κ2) is 7.69. The number of aromatic nitrogens is 2. The van der Waals surface area contributed by atoms with Gasteiger partial charge in [-0.25, -0.2) is 8.42 Å². The first-order valence-corrected chi connectivity index (χ1v) is 8.74. The number of H-pyrrole nitrogens is 1. The van der Waals surface area contributed by atoms with Gasteiger partial charge in [0.25, 0.3) is 15.6 Å². The van der Waals surface area contributed by atoms with Crippen LogP contribution in [0.4, 0.5) is 5.69 Å². The zero-order valence-corrected chi connectivity index (χ0v) is 15.0. The molecule has 1 aromatic carbocycles. The van der Waals surface area contributed by atoms with E-state index in [9.17, 15) is 13.2 Å². The van der Waals surface area contributed by atoms with E-state index in [2.05, 4.69) is 14.7 Å². The summed E-state index contributed by atoms with van der Waals surface area (Å²) < 4.78 is 27.1. The first-order chi connectivity index (χ1) is 11.5. The topological polar surface area (TPSA) is 91.9 Å². The van der Waals surface area contributed by atoms with E-state index in [4.69, 9.17) is 11.6 Å². The van der Waals surface area contributed by atoms with Gasteiger partial charge < -0.3 is 4.98 Å². The van der Waals surface area contributed by atoms with E-state index >= 15 is 0 Å². The van der Waals surface area contributed by atoms with Crippen LogP contribution in [0.5, 0.6) is 0 Å². The molecule has 6 nitrogen and oxygen atoms in total. The standard InChI is InChI=1S/C16H12ClN3O3S.ClH/c17-14-7-8-15(19-16(14)21)11-3-5-13(6-4-11)24(22,23)20-12-2-1-9-18-10-12;/h1-10,20H,(H,19,21);1H. The minimum absolute atomic E-state index is 0. The summed E-state index contributed by atoms with van der Waals surface area (Å²) in [6, 6.07) is 12.5. The van der Waals surface area contributed by atoms with Gasteiger partial charge in [0, 0.05) is 11.9 Å². The SMILES string of the molecule is Cl.O=c1[nH]c(-c2ccc(S(=O)(=O)Nc3cccnc3)cc2)ccc1Cl. The Labute approximate surface area is 155 Å². The maximum Gasteiger partial charge on any atom is 0.267 e. The molecule has 3 rings (SSSR count). The number of hydrogen-bond donors (Lipinski definition) is 2. The Morgan fingerprint density at radius 2 is 1.76 bits per heavy atom. The highest BCUT2D eigenvalue weighted by Gasteiger charge is 2.14. The lowest BCUT2D eigenvalue weighted by molar-refractivity contribution is 0.601. The molecule has 0 aliphatic rings. The molecule has 0 fully saturated rings. The van der Waals surface area contributed by atoms with Crippen LogP contribution in [0, 0.1) is 0 Å². The third-order valence-corrected chi connectivity index (χ3v) is 4.95. The Morgan fingerprint density at radius 3 is 2.36 bits per heavy atom. The van der Waals surface area contributed by atoms with Gasteiger partial charge in [-0.2, -0.15) is 0 Å². The fraction of sp³-hybridized carbons (Fsp3) is 0. The predicted octanol–water partition coefficient (Wildman–Crippen LogP) is 3.31. The molecule has 3 aromatic rings. The van der Waals surface area contributed by atoms with Crippen molar-refractivity contribution in [3.8, 4) is 11.3 Å². The third-order valence-electron chi connectivity index (χ3n) is 3.25. The Bertz CT molecular complexity index is 1020. The fourth-order valence-electron chi connectivity index (χ4n) is 2.08. The lowest BCUT2D eigenvalue weighted by Gasteiger charge is -2.08. The van der Waals surface area contributed by atoms with Gasteiger partial charge in [-0.15, -0.1) is 12.4 Å². The van der Waals surface area contributed by atoms with Crippen molar-refractivity contribution < 1.29 is 8.42 Å². The van der Waals surface area contributed by atoms with Crippen LogP contribution >= 0.6 is 24.0 Å². The van der Waals surface area contributed by atoms with Gasteiger partial charge in [-0.3, -0.25) is 14.5 Å². The summed E-state index contributed by atoms with van der Waals surface area (Å²) in [7, 11) is -3.71. The molecule has 0 bridgehead atoms. The van der Waals surface area contributed by atoms with Crippen molar-refractivity contribution in [3.63, 3.8) is 0 Å². The van der Waals surface area contributed by atoms with E-state index in [0.717, 1.165) is 0 Å². The molecule has 0 saturated heterocycles. The molecule has 0 saturated carbocycles. The fourth-order valence-corrected chi connectivity index (χ4v) is 3.23. The van der Waals surface area contributed by atoms with Crippen molar-refractivity contribution in [1.82, 2.24) is 9.97 Å². The van der Waals surface area contributed by atoms with Crippen molar-refractivity contribution in [1.29, 1.82) is 0 Å². The van der Waals surface area contributed by atoms with E-state index in [-0.39, 0.29) is 22.3 Å². The predicted molar refractivity (Wildman–Crippen MR) is 99.8 cm³/mol. The molecule has 0 spiro atoms. The number of aromatic amines is 1. The number of hydrogen-bond acceptors (Lipinski definition) is 4. The molecule has 0 unspecified atom stereocenters. The Hall–Kier alpha value is -2.35. The van der Waals surface area contributed by atoms with Gasteiger partial charge >= 0.3 is 0 Å². The van der Waals surface area contributed by atoms with E-state index in [1.165, 1.54) is 24.4 Å². The Kier molecular flexibility index (Phi) is 5.84. The number of halogens is 2. The van der Waals surface area contributed by atoms with E-state index in [0.29, 0.717) is 16.9 Å². The van der Waals surface area contributed by atoms with Gasteiger partial charge in [-0.1, -0.05) is 23.7 Å². The highest BCUT2D eigenvalue weighted by Crippen LogP contribution is 2.21. The normalized spacial score (nSPS) is 10.8. The van der Waals surface area contributed by atoms with Crippen molar-refractivity contribution in [2.24, 2.45) is 0 Å². The van der Waals surface area contributed by atoms with Gasteiger partial charge in [0.15, 0.2) is 0 Å². The summed E-state index contributed by atoms with van der Waals surface area (Å²) in [6.45, 7) is 0. The molecule has 0 atom stereocenters. The molecule has 9 heteroatoms. The van der Waals surface area contributed by atoms with Crippen LogP contribution in [-0.2, 0) is 10.0 Å². The van der Waals surface area contributed by atoms with Crippen LogP contribution in [0.3, 0.4) is 0 Å². The minimum Gasteiger partial charge on any atom is -0.321 e. The molecule has 2 heterocycles. The zero-order valence-electron chi connectivity index (χ0n) is 12.6. The van der Waals surface area contributed by atoms with Crippen LogP contribution in [0.2, 0.25) is 5.02 Å². The van der Waals surface area contributed by atoms with Crippen molar-refractivity contribution in [3.05, 3.63) is 76.3 Å². The summed E-state index contributed by atoms with van der Waals surface area (Å²) in [4.78, 5) is 18.1. The van der Waals surface area contributed by atoms with Crippen LogP contribution in [0.15, 0.2) is 70.6 Å². The number of sulfonamides is 1. The number of nitrogens with one attached hydrogen (secondary N) is 2. The summed E-state index contributed by atoms with van der Waals surface area (Å²) in [6.07, 6.45) is 2.98. The molecule has 0 radical (unpaired) electrons. The summed E-state index contributed by atoms with van der Waals surface area (Å²) in [5, 5.41) is 0.0959. The first-order valence-electron chi connectivity index (χ1n) is 6.88. The van der Waals surface area contributed by atoms with Crippen LogP contribution in [0.25, 0.3) is 11.3 Å². The van der Waals surface area contributed by atoms with Gasteiger partial charge in [-0.05, 0) is 42.0 Å². The van der Waals surface area contributed by atoms with Crippen molar-refractivity contribution in [2.75, 3.05) is 4.72 Å². The average molecular weight is 398 g/mol. The average Bonchev–Trinajstić information content (AvgIpc) is 2.58. The number of nitrogens with zero attached hydrogens (tertiary/aromatic N) is 1. The summed E-state index contributed by atoms with van der Waals surface area (Å²) >= 11 is 5.69. The maximum absolute atomic E-state index is 12.3. The van der Waals surface area contributed by atoms with Gasteiger partial charge in [0.05, 0.1) is 16.8 Å². The first kappa shape index (κ1) is 19.0. The van der Waals surface area contributed by atoms with E-state index in [1.54, 1.807) is 36.5 Å². The molecule has 0 aliphatic carbocycles. The molecule has 0 aliphatic heterocycles. The quantitative estimate of drug-likeness (QED) is 0.705. The van der Waals surface area contributed by atoms with Crippen molar-refractivity contribution in [2.45, 2.75) is 4.90 Å². The zero-order chi connectivity index (χ0) is 17.2. The largest absolute Gasteiger partial charge is 0.321 e.